The lowest BCUT2D eigenvalue weighted by Gasteiger charge is -2.19. The van der Waals surface area contributed by atoms with Crippen LogP contribution in [0.1, 0.15) is 46.0 Å². The van der Waals surface area contributed by atoms with Crippen molar-refractivity contribution in [3.8, 4) is 5.75 Å². The van der Waals surface area contributed by atoms with Gasteiger partial charge in [0.2, 0.25) is 0 Å². The minimum Gasteiger partial charge on any atom is -0.492 e. The van der Waals surface area contributed by atoms with Gasteiger partial charge in [-0.1, -0.05) is 44.7 Å². The molecule has 0 saturated heterocycles. The van der Waals surface area contributed by atoms with Crippen molar-refractivity contribution >= 4 is 11.6 Å². The summed E-state index contributed by atoms with van der Waals surface area (Å²) in [4.78, 5) is 0. The number of nitrogens with one attached hydrogen (secondary N) is 1. The minimum atomic E-state index is 0.446. The lowest BCUT2D eigenvalue weighted by atomic mass is 10.1. The van der Waals surface area contributed by atoms with Crippen LogP contribution in [0, 0.1) is 0 Å². The molecule has 0 amide bonds. The van der Waals surface area contributed by atoms with Gasteiger partial charge in [0, 0.05) is 11.1 Å². The Hall–Kier alpha value is -0.730. The highest BCUT2D eigenvalue weighted by molar-refractivity contribution is 6.30. The summed E-state index contributed by atoms with van der Waals surface area (Å²) in [6, 6.07) is 8.02. The topological polar surface area (TPSA) is 21.3 Å². The van der Waals surface area contributed by atoms with E-state index in [0.29, 0.717) is 6.04 Å². The van der Waals surface area contributed by atoms with E-state index >= 15 is 0 Å². The third-order valence-corrected chi connectivity index (χ3v) is 3.36. The Balaban J connectivity index is 2.35. The molecule has 2 nitrogen and oxygen atoms in total. The summed E-state index contributed by atoms with van der Waals surface area (Å²) in [5.74, 6) is 0.892. The first-order chi connectivity index (χ1) is 9.26. The highest BCUT2D eigenvalue weighted by atomic mass is 35.5. The standard InChI is InChI=1S/C16H26ClNO/c1-3-5-6-7-15(18-12-4-2)13-19-16-10-8-14(17)9-11-16/h8-11,15,18H,3-7,12-13H2,1-2H3. The van der Waals surface area contributed by atoms with E-state index in [1.165, 1.54) is 25.7 Å². The molecule has 1 atom stereocenters. The molecule has 0 aliphatic rings. The van der Waals surface area contributed by atoms with Crippen LogP contribution in [0.25, 0.3) is 0 Å². The van der Waals surface area contributed by atoms with Crippen molar-refractivity contribution < 1.29 is 4.74 Å². The second-order valence-corrected chi connectivity index (χ2v) is 5.35. The molecule has 3 heteroatoms. The number of benzene rings is 1. The molecule has 0 aliphatic heterocycles. The second kappa shape index (κ2) is 10.1. The van der Waals surface area contributed by atoms with Gasteiger partial charge in [0.1, 0.15) is 12.4 Å². The maximum absolute atomic E-state index is 5.86. The number of hydrogen-bond donors (Lipinski definition) is 1. The molecule has 0 aliphatic carbocycles. The van der Waals surface area contributed by atoms with E-state index in [1.54, 1.807) is 0 Å². The molecule has 1 unspecified atom stereocenters. The van der Waals surface area contributed by atoms with E-state index in [2.05, 4.69) is 19.2 Å². The molecule has 19 heavy (non-hydrogen) atoms. The monoisotopic (exact) mass is 283 g/mol. The van der Waals surface area contributed by atoms with E-state index in [0.717, 1.165) is 30.3 Å². The molecular formula is C16H26ClNO. The minimum absolute atomic E-state index is 0.446. The fourth-order valence-corrected chi connectivity index (χ4v) is 2.09. The van der Waals surface area contributed by atoms with Crippen molar-refractivity contribution in [1.82, 2.24) is 5.32 Å². The average molecular weight is 284 g/mol. The molecule has 1 aromatic carbocycles. The van der Waals surface area contributed by atoms with Gasteiger partial charge >= 0.3 is 0 Å². The van der Waals surface area contributed by atoms with Crippen LogP contribution in [0.15, 0.2) is 24.3 Å². The quantitative estimate of drug-likeness (QED) is 0.630. The average Bonchev–Trinajstić information content (AvgIpc) is 2.43. The molecule has 0 fully saturated rings. The smallest absolute Gasteiger partial charge is 0.119 e. The number of rotatable bonds is 10. The zero-order chi connectivity index (χ0) is 13.9. The van der Waals surface area contributed by atoms with Crippen molar-refractivity contribution in [2.75, 3.05) is 13.2 Å². The summed E-state index contributed by atoms with van der Waals surface area (Å²) in [6.45, 7) is 6.21. The van der Waals surface area contributed by atoms with Crippen LogP contribution in [0.3, 0.4) is 0 Å². The maximum atomic E-state index is 5.86. The Kier molecular flexibility index (Phi) is 8.68. The molecule has 108 valence electrons. The summed E-state index contributed by atoms with van der Waals surface area (Å²) in [5.41, 5.74) is 0. The van der Waals surface area contributed by atoms with Gasteiger partial charge in [-0.25, -0.2) is 0 Å². The van der Waals surface area contributed by atoms with Gasteiger partial charge in [0.05, 0.1) is 0 Å². The first-order valence-electron chi connectivity index (χ1n) is 7.38. The molecule has 0 radical (unpaired) electrons. The predicted octanol–water partition coefficient (Wildman–Crippen LogP) is 4.67. The summed E-state index contributed by atoms with van der Waals surface area (Å²) in [5, 5.41) is 4.31. The number of halogens is 1. The van der Waals surface area contributed by atoms with Gasteiger partial charge in [-0.3, -0.25) is 0 Å². The highest BCUT2D eigenvalue weighted by Crippen LogP contribution is 2.16. The molecule has 0 bridgehead atoms. The summed E-state index contributed by atoms with van der Waals surface area (Å²) >= 11 is 5.86. The molecule has 0 saturated carbocycles. The largest absolute Gasteiger partial charge is 0.492 e. The van der Waals surface area contributed by atoms with Gasteiger partial charge in [-0.2, -0.15) is 0 Å². The lowest BCUT2D eigenvalue weighted by molar-refractivity contribution is 0.253. The van der Waals surface area contributed by atoms with Crippen LogP contribution in [-0.2, 0) is 0 Å². The highest BCUT2D eigenvalue weighted by Gasteiger charge is 2.08. The number of unbranched alkanes of at least 4 members (excludes halogenated alkanes) is 2. The fraction of sp³-hybridized carbons (Fsp3) is 0.625. The Morgan fingerprint density at radius 1 is 1.11 bits per heavy atom. The first kappa shape index (κ1) is 16.3. The van der Waals surface area contributed by atoms with E-state index in [4.69, 9.17) is 16.3 Å². The third kappa shape index (κ3) is 7.44. The van der Waals surface area contributed by atoms with Crippen molar-refractivity contribution in [2.45, 2.75) is 52.0 Å². The summed E-state index contributed by atoms with van der Waals surface area (Å²) in [6.07, 6.45) is 6.16. The van der Waals surface area contributed by atoms with E-state index < -0.39 is 0 Å². The number of hydrogen-bond acceptors (Lipinski definition) is 2. The van der Waals surface area contributed by atoms with Crippen LogP contribution >= 0.6 is 11.6 Å². The normalized spacial score (nSPS) is 12.4. The van der Waals surface area contributed by atoms with E-state index in [9.17, 15) is 0 Å². The first-order valence-corrected chi connectivity index (χ1v) is 7.75. The second-order valence-electron chi connectivity index (χ2n) is 4.91. The predicted molar refractivity (Wildman–Crippen MR) is 83.2 cm³/mol. The fourth-order valence-electron chi connectivity index (χ4n) is 1.96. The summed E-state index contributed by atoms with van der Waals surface area (Å²) < 4.78 is 5.83. The van der Waals surface area contributed by atoms with Gasteiger partial charge in [-0.15, -0.1) is 0 Å². The number of ether oxygens (including phenoxy) is 1. The van der Waals surface area contributed by atoms with Crippen LogP contribution in [-0.4, -0.2) is 19.2 Å². The molecular weight excluding hydrogens is 258 g/mol. The molecule has 0 heterocycles. The van der Waals surface area contributed by atoms with Crippen LogP contribution in [0.4, 0.5) is 0 Å². The van der Waals surface area contributed by atoms with E-state index in [-0.39, 0.29) is 0 Å². The lowest BCUT2D eigenvalue weighted by Crippen LogP contribution is -2.35. The maximum Gasteiger partial charge on any atom is 0.119 e. The molecule has 0 spiro atoms. The Morgan fingerprint density at radius 3 is 2.47 bits per heavy atom. The third-order valence-electron chi connectivity index (χ3n) is 3.10. The van der Waals surface area contributed by atoms with E-state index in [1.807, 2.05) is 24.3 Å². The van der Waals surface area contributed by atoms with Crippen molar-refractivity contribution in [1.29, 1.82) is 0 Å². The Labute approximate surface area is 122 Å². The summed E-state index contributed by atoms with van der Waals surface area (Å²) in [7, 11) is 0. The van der Waals surface area contributed by atoms with Crippen molar-refractivity contribution in [3.05, 3.63) is 29.3 Å². The van der Waals surface area contributed by atoms with Gasteiger partial charge in [0.25, 0.3) is 0 Å². The van der Waals surface area contributed by atoms with Crippen molar-refractivity contribution in [2.24, 2.45) is 0 Å². The van der Waals surface area contributed by atoms with Gasteiger partial charge < -0.3 is 10.1 Å². The van der Waals surface area contributed by atoms with Gasteiger partial charge in [-0.05, 0) is 43.7 Å². The Morgan fingerprint density at radius 2 is 1.84 bits per heavy atom. The Bertz CT molecular complexity index is 326. The SMILES string of the molecule is CCCCCC(COc1ccc(Cl)cc1)NCCC. The zero-order valence-electron chi connectivity index (χ0n) is 12.1. The van der Waals surface area contributed by atoms with Crippen LogP contribution in [0.5, 0.6) is 5.75 Å². The van der Waals surface area contributed by atoms with Crippen LogP contribution in [0.2, 0.25) is 5.02 Å². The van der Waals surface area contributed by atoms with Crippen LogP contribution < -0.4 is 10.1 Å². The van der Waals surface area contributed by atoms with Gasteiger partial charge in [0.15, 0.2) is 0 Å². The zero-order valence-corrected chi connectivity index (χ0v) is 12.9. The van der Waals surface area contributed by atoms with Crippen molar-refractivity contribution in [3.63, 3.8) is 0 Å². The molecule has 1 rings (SSSR count). The molecule has 1 N–H and O–H groups in total. The molecule has 1 aromatic rings. The molecule has 0 aromatic heterocycles.